The van der Waals surface area contributed by atoms with Gasteiger partial charge in [-0.3, -0.25) is 4.68 Å². The summed E-state index contributed by atoms with van der Waals surface area (Å²) in [6, 6.07) is 0. The first kappa shape index (κ1) is 10.5. The molecule has 1 aromatic rings. The molecule has 1 rings (SSSR count). The molecule has 72 valence electrons. The average Bonchev–Trinajstić information content (AvgIpc) is 2.31. The van der Waals surface area contributed by atoms with Gasteiger partial charge in [0.1, 0.15) is 0 Å². The van der Waals surface area contributed by atoms with Crippen molar-refractivity contribution < 1.29 is 0 Å². The van der Waals surface area contributed by atoms with Gasteiger partial charge in [0.25, 0.3) is 0 Å². The highest BCUT2D eigenvalue weighted by molar-refractivity contribution is 9.11. The maximum atomic E-state index is 4.44. The van der Waals surface area contributed by atoms with Crippen LogP contribution in [0.4, 0.5) is 0 Å². The van der Waals surface area contributed by atoms with Crippen LogP contribution < -0.4 is 0 Å². The molecule has 3 heteroatoms. The lowest BCUT2D eigenvalue weighted by molar-refractivity contribution is 0.633. The molecule has 0 unspecified atom stereocenters. The van der Waals surface area contributed by atoms with E-state index in [2.05, 4.69) is 41.5 Å². The van der Waals surface area contributed by atoms with Gasteiger partial charge in [0.2, 0.25) is 0 Å². The van der Waals surface area contributed by atoms with Gasteiger partial charge in [0.05, 0.1) is 5.69 Å². The lowest BCUT2D eigenvalue weighted by atomic mass is 10.1. The molecule has 0 aliphatic heterocycles. The minimum atomic E-state index is 0.873. The minimum Gasteiger partial charge on any atom is -0.270 e. The molecule has 0 aliphatic carbocycles. The first-order valence-corrected chi connectivity index (χ1v) is 5.21. The van der Waals surface area contributed by atoms with Gasteiger partial charge < -0.3 is 0 Å². The predicted octanol–water partition coefficient (Wildman–Crippen LogP) is 2.97. The molecule has 0 saturated carbocycles. The van der Waals surface area contributed by atoms with E-state index in [4.69, 9.17) is 0 Å². The van der Waals surface area contributed by atoms with Crippen molar-refractivity contribution in [3.05, 3.63) is 28.0 Å². The summed E-state index contributed by atoms with van der Waals surface area (Å²) >= 11 is 3.38. The Hall–Kier alpha value is -0.570. The molecule has 0 fully saturated rings. The summed E-state index contributed by atoms with van der Waals surface area (Å²) in [5, 5.41) is 4.44. The monoisotopic (exact) mass is 242 g/mol. The van der Waals surface area contributed by atoms with Crippen LogP contribution in [0.2, 0.25) is 0 Å². The molecule has 0 radical (unpaired) electrons. The normalized spacial score (nSPS) is 10.5. The summed E-state index contributed by atoms with van der Waals surface area (Å²) in [6.45, 7) is 11.0. The second kappa shape index (κ2) is 4.09. The van der Waals surface area contributed by atoms with E-state index in [0.29, 0.717) is 0 Å². The van der Waals surface area contributed by atoms with Crippen LogP contribution >= 0.6 is 15.9 Å². The zero-order valence-electron chi connectivity index (χ0n) is 8.39. The standard InChI is InChI=1S/C10H15BrN2/c1-5-13-9(4)10(6-7(2)11)8(3)12-13/h2,5-6H2,1,3-4H3. The quantitative estimate of drug-likeness (QED) is 0.798. The van der Waals surface area contributed by atoms with E-state index in [1.54, 1.807) is 0 Å². The molecule has 0 atom stereocenters. The number of halogens is 1. The van der Waals surface area contributed by atoms with Gasteiger partial charge in [-0.1, -0.05) is 22.5 Å². The van der Waals surface area contributed by atoms with E-state index in [9.17, 15) is 0 Å². The summed E-state index contributed by atoms with van der Waals surface area (Å²) in [7, 11) is 0. The van der Waals surface area contributed by atoms with Gasteiger partial charge >= 0.3 is 0 Å². The van der Waals surface area contributed by atoms with Gasteiger partial charge in [0, 0.05) is 24.2 Å². The first-order chi connectivity index (χ1) is 6.06. The SMILES string of the molecule is C=C(Br)Cc1c(C)nn(CC)c1C. The number of aromatic nitrogens is 2. The van der Waals surface area contributed by atoms with Crippen molar-refractivity contribution in [1.29, 1.82) is 0 Å². The van der Waals surface area contributed by atoms with Crippen LogP contribution in [-0.4, -0.2) is 9.78 Å². The highest BCUT2D eigenvalue weighted by Gasteiger charge is 2.10. The maximum Gasteiger partial charge on any atom is 0.0632 e. The number of hydrogen-bond donors (Lipinski definition) is 0. The van der Waals surface area contributed by atoms with E-state index in [1.807, 2.05) is 11.6 Å². The highest BCUT2D eigenvalue weighted by Crippen LogP contribution is 2.18. The summed E-state index contributed by atoms with van der Waals surface area (Å²) in [4.78, 5) is 0. The van der Waals surface area contributed by atoms with E-state index in [0.717, 1.165) is 23.1 Å². The van der Waals surface area contributed by atoms with E-state index in [-0.39, 0.29) is 0 Å². The molecular weight excluding hydrogens is 228 g/mol. The third-order valence-corrected chi connectivity index (χ3v) is 2.48. The molecule has 0 aromatic carbocycles. The summed E-state index contributed by atoms with van der Waals surface area (Å²) in [6.07, 6.45) is 0.873. The van der Waals surface area contributed by atoms with Crippen molar-refractivity contribution in [3.63, 3.8) is 0 Å². The van der Waals surface area contributed by atoms with Crippen molar-refractivity contribution in [3.8, 4) is 0 Å². The Balaban J connectivity index is 3.05. The lowest BCUT2D eigenvalue weighted by Crippen LogP contribution is -1.99. The largest absolute Gasteiger partial charge is 0.270 e. The van der Waals surface area contributed by atoms with Crippen molar-refractivity contribution in [1.82, 2.24) is 9.78 Å². The molecule has 0 amide bonds. The zero-order valence-corrected chi connectivity index (χ0v) is 9.98. The smallest absolute Gasteiger partial charge is 0.0632 e. The van der Waals surface area contributed by atoms with Gasteiger partial charge in [-0.2, -0.15) is 5.10 Å². The summed E-state index contributed by atoms with van der Waals surface area (Å²) in [5.41, 5.74) is 3.66. The Morgan fingerprint density at radius 1 is 1.54 bits per heavy atom. The van der Waals surface area contributed by atoms with Crippen LogP contribution in [0.3, 0.4) is 0 Å². The molecule has 1 heterocycles. The van der Waals surface area contributed by atoms with Crippen molar-refractivity contribution in [2.75, 3.05) is 0 Å². The third kappa shape index (κ3) is 2.21. The Morgan fingerprint density at radius 2 is 2.15 bits per heavy atom. The number of hydrogen-bond acceptors (Lipinski definition) is 1. The van der Waals surface area contributed by atoms with Crippen LogP contribution in [-0.2, 0) is 13.0 Å². The maximum absolute atomic E-state index is 4.44. The third-order valence-electron chi connectivity index (χ3n) is 2.20. The fraction of sp³-hybridized carbons (Fsp3) is 0.500. The van der Waals surface area contributed by atoms with Gasteiger partial charge in [0.15, 0.2) is 0 Å². The van der Waals surface area contributed by atoms with E-state index in [1.165, 1.54) is 11.3 Å². The van der Waals surface area contributed by atoms with Gasteiger partial charge in [-0.05, 0) is 25.3 Å². The number of aryl methyl sites for hydroxylation is 2. The molecule has 1 aromatic heterocycles. The summed E-state index contributed by atoms with van der Waals surface area (Å²) < 4.78 is 3.04. The zero-order chi connectivity index (χ0) is 10.0. The lowest BCUT2D eigenvalue weighted by Gasteiger charge is -2.01. The summed E-state index contributed by atoms with van der Waals surface area (Å²) in [5.74, 6) is 0. The second-order valence-electron chi connectivity index (χ2n) is 3.16. The Bertz CT molecular complexity index is 326. The Kier molecular flexibility index (Phi) is 3.31. The predicted molar refractivity (Wildman–Crippen MR) is 59.1 cm³/mol. The molecule has 0 spiro atoms. The second-order valence-corrected chi connectivity index (χ2v) is 4.28. The molecule has 0 saturated heterocycles. The average molecular weight is 243 g/mol. The molecule has 13 heavy (non-hydrogen) atoms. The van der Waals surface area contributed by atoms with Crippen LogP contribution in [0.1, 0.15) is 23.9 Å². The van der Waals surface area contributed by atoms with E-state index < -0.39 is 0 Å². The van der Waals surface area contributed by atoms with Crippen LogP contribution in [0, 0.1) is 13.8 Å². The number of allylic oxidation sites excluding steroid dienone is 1. The molecule has 0 aliphatic rings. The van der Waals surface area contributed by atoms with Crippen LogP contribution in [0.25, 0.3) is 0 Å². The van der Waals surface area contributed by atoms with Crippen LogP contribution in [0.5, 0.6) is 0 Å². The fourth-order valence-corrected chi connectivity index (χ4v) is 1.77. The van der Waals surface area contributed by atoms with Gasteiger partial charge in [-0.25, -0.2) is 0 Å². The van der Waals surface area contributed by atoms with Crippen LogP contribution in [0.15, 0.2) is 11.1 Å². The number of nitrogens with zero attached hydrogens (tertiary/aromatic N) is 2. The van der Waals surface area contributed by atoms with E-state index >= 15 is 0 Å². The Labute approximate surface area is 87.8 Å². The Morgan fingerprint density at radius 3 is 2.54 bits per heavy atom. The molecule has 0 N–H and O–H groups in total. The topological polar surface area (TPSA) is 17.8 Å². The first-order valence-electron chi connectivity index (χ1n) is 4.42. The fourth-order valence-electron chi connectivity index (χ4n) is 1.49. The number of rotatable bonds is 3. The van der Waals surface area contributed by atoms with Crippen molar-refractivity contribution >= 4 is 15.9 Å². The van der Waals surface area contributed by atoms with Gasteiger partial charge in [-0.15, -0.1) is 0 Å². The molecule has 0 bridgehead atoms. The highest BCUT2D eigenvalue weighted by atomic mass is 79.9. The molecule has 2 nitrogen and oxygen atoms in total. The van der Waals surface area contributed by atoms with Crippen molar-refractivity contribution in [2.24, 2.45) is 0 Å². The minimum absolute atomic E-state index is 0.873. The van der Waals surface area contributed by atoms with Crippen molar-refractivity contribution in [2.45, 2.75) is 33.7 Å². The molecular formula is C10H15BrN2.